The van der Waals surface area contributed by atoms with Gasteiger partial charge in [-0.15, -0.1) is 11.8 Å². The average Bonchev–Trinajstić information content (AvgIpc) is 2.67. The van der Waals surface area contributed by atoms with Gasteiger partial charge in [-0.25, -0.2) is 0 Å². The zero-order valence-electron chi connectivity index (χ0n) is 13.5. The lowest BCUT2D eigenvalue weighted by molar-refractivity contribution is -0.384. The standard InChI is InChI=1S/C18H18N2O4S/c21-18(13-25-16-8-6-15(7-9-16)20(22)23)19-10-11-24-17(12-19)14-4-2-1-3-5-14/h1-9,17H,10-13H2. The van der Waals surface area contributed by atoms with Crippen molar-refractivity contribution in [3.05, 3.63) is 70.3 Å². The number of amides is 1. The molecule has 1 aliphatic heterocycles. The van der Waals surface area contributed by atoms with Gasteiger partial charge in [-0.1, -0.05) is 30.3 Å². The highest BCUT2D eigenvalue weighted by molar-refractivity contribution is 8.00. The monoisotopic (exact) mass is 358 g/mol. The number of benzene rings is 2. The maximum Gasteiger partial charge on any atom is 0.269 e. The Balaban J connectivity index is 1.55. The topological polar surface area (TPSA) is 72.7 Å². The van der Waals surface area contributed by atoms with E-state index in [0.717, 1.165) is 10.5 Å². The molecule has 0 bridgehead atoms. The second-order valence-electron chi connectivity index (χ2n) is 5.65. The van der Waals surface area contributed by atoms with Gasteiger partial charge in [0.15, 0.2) is 0 Å². The summed E-state index contributed by atoms with van der Waals surface area (Å²) in [5, 5.41) is 10.7. The van der Waals surface area contributed by atoms with Crippen molar-refractivity contribution >= 4 is 23.4 Å². The Hall–Kier alpha value is -2.38. The van der Waals surface area contributed by atoms with Crippen LogP contribution in [-0.4, -0.2) is 41.2 Å². The fourth-order valence-electron chi connectivity index (χ4n) is 2.65. The maximum absolute atomic E-state index is 12.5. The summed E-state index contributed by atoms with van der Waals surface area (Å²) in [6.45, 7) is 1.65. The van der Waals surface area contributed by atoms with Crippen molar-refractivity contribution < 1.29 is 14.5 Å². The Kier molecular flexibility index (Phi) is 5.67. The molecule has 1 saturated heterocycles. The Morgan fingerprint density at radius 3 is 2.60 bits per heavy atom. The number of morpholine rings is 1. The van der Waals surface area contributed by atoms with Gasteiger partial charge in [0.05, 0.1) is 23.8 Å². The second-order valence-corrected chi connectivity index (χ2v) is 6.70. The Bertz CT molecular complexity index is 737. The zero-order chi connectivity index (χ0) is 17.6. The summed E-state index contributed by atoms with van der Waals surface area (Å²) in [5.41, 5.74) is 1.12. The van der Waals surface area contributed by atoms with E-state index < -0.39 is 4.92 Å². The zero-order valence-corrected chi connectivity index (χ0v) is 14.4. The van der Waals surface area contributed by atoms with Crippen LogP contribution in [0, 0.1) is 10.1 Å². The molecule has 6 nitrogen and oxygen atoms in total. The van der Waals surface area contributed by atoms with E-state index in [2.05, 4.69) is 0 Å². The summed E-state index contributed by atoms with van der Waals surface area (Å²) < 4.78 is 5.78. The number of non-ortho nitro benzene ring substituents is 1. The van der Waals surface area contributed by atoms with Crippen molar-refractivity contribution in [3.8, 4) is 0 Å². The summed E-state index contributed by atoms with van der Waals surface area (Å²) in [4.78, 5) is 25.3. The summed E-state index contributed by atoms with van der Waals surface area (Å²) in [7, 11) is 0. The fourth-order valence-corrected chi connectivity index (χ4v) is 3.45. The number of nitro groups is 1. The molecular formula is C18H18N2O4S. The normalized spacial score (nSPS) is 17.3. The number of nitro benzene ring substituents is 1. The molecule has 2 aromatic rings. The lowest BCUT2D eigenvalue weighted by atomic mass is 10.1. The molecule has 3 rings (SSSR count). The number of thioether (sulfide) groups is 1. The van der Waals surface area contributed by atoms with Gasteiger partial charge in [-0.3, -0.25) is 14.9 Å². The molecule has 1 heterocycles. The van der Waals surface area contributed by atoms with Crippen LogP contribution >= 0.6 is 11.8 Å². The van der Waals surface area contributed by atoms with Crippen LogP contribution in [0.2, 0.25) is 0 Å². The average molecular weight is 358 g/mol. The molecule has 25 heavy (non-hydrogen) atoms. The lowest BCUT2D eigenvalue weighted by Gasteiger charge is -2.33. The largest absolute Gasteiger partial charge is 0.370 e. The summed E-state index contributed by atoms with van der Waals surface area (Å²) in [6, 6.07) is 16.1. The van der Waals surface area contributed by atoms with Gasteiger partial charge in [0, 0.05) is 23.6 Å². The number of carbonyl (C=O) groups excluding carboxylic acids is 1. The van der Waals surface area contributed by atoms with Crippen LogP contribution in [0.5, 0.6) is 0 Å². The first-order valence-corrected chi connectivity index (χ1v) is 8.93. The first kappa shape index (κ1) is 17.4. The van der Waals surface area contributed by atoms with Gasteiger partial charge in [0.25, 0.3) is 5.69 Å². The van der Waals surface area contributed by atoms with Crippen LogP contribution < -0.4 is 0 Å². The van der Waals surface area contributed by atoms with Crippen molar-refractivity contribution in [1.82, 2.24) is 4.90 Å². The van der Waals surface area contributed by atoms with E-state index in [4.69, 9.17) is 4.74 Å². The molecule has 130 valence electrons. The molecule has 1 unspecified atom stereocenters. The van der Waals surface area contributed by atoms with E-state index in [9.17, 15) is 14.9 Å². The van der Waals surface area contributed by atoms with Crippen molar-refractivity contribution in [2.75, 3.05) is 25.4 Å². The van der Waals surface area contributed by atoms with Gasteiger partial charge in [0.1, 0.15) is 6.10 Å². The molecule has 2 aromatic carbocycles. The molecule has 0 aliphatic carbocycles. The van der Waals surface area contributed by atoms with Crippen molar-refractivity contribution in [2.45, 2.75) is 11.0 Å². The first-order valence-electron chi connectivity index (χ1n) is 7.95. The number of hydrogen-bond acceptors (Lipinski definition) is 5. The minimum Gasteiger partial charge on any atom is -0.370 e. The number of carbonyl (C=O) groups is 1. The third-order valence-corrected chi connectivity index (χ3v) is 5.00. The SMILES string of the molecule is O=C(CSc1ccc([N+](=O)[O-])cc1)N1CCOC(c2ccccc2)C1. The summed E-state index contributed by atoms with van der Waals surface area (Å²) in [6.07, 6.45) is -0.0942. The highest BCUT2D eigenvalue weighted by atomic mass is 32.2. The third kappa shape index (κ3) is 4.58. The van der Waals surface area contributed by atoms with E-state index >= 15 is 0 Å². The molecule has 1 aliphatic rings. The van der Waals surface area contributed by atoms with Crippen LogP contribution in [0.25, 0.3) is 0 Å². The van der Waals surface area contributed by atoms with Crippen molar-refractivity contribution in [2.24, 2.45) is 0 Å². The van der Waals surface area contributed by atoms with E-state index in [1.165, 1.54) is 23.9 Å². The molecule has 0 radical (unpaired) electrons. The molecule has 0 spiro atoms. The number of hydrogen-bond donors (Lipinski definition) is 0. The Morgan fingerprint density at radius 1 is 1.20 bits per heavy atom. The minimum atomic E-state index is -0.433. The van der Waals surface area contributed by atoms with Crippen molar-refractivity contribution in [1.29, 1.82) is 0 Å². The van der Waals surface area contributed by atoms with Crippen LogP contribution in [0.4, 0.5) is 5.69 Å². The highest BCUT2D eigenvalue weighted by Crippen LogP contribution is 2.25. The third-order valence-electron chi connectivity index (χ3n) is 4.00. The van der Waals surface area contributed by atoms with E-state index in [-0.39, 0.29) is 17.7 Å². The smallest absolute Gasteiger partial charge is 0.269 e. The number of rotatable bonds is 5. The maximum atomic E-state index is 12.5. The molecular weight excluding hydrogens is 340 g/mol. The molecule has 1 amide bonds. The van der Waals surface area contributed by atoms with Crippen LogP contribution in [0.15, 0.2) is 59.5 Å². The second kappa shape index (κ2) is 8.13. The summed E-state index contributed by atoms with van der Waals surface area (Å²) >= 11 is 1.39. The van der Waals surface area contributed by atoms with E-state index in [1.54, 1.807) is 12.1 Å². The van der Waals surface area contributed by atoms with Crippen molar-refractivity contribution in [3.63, 3.8) is 0 Å². The number of ether oxygens (including phenoxy) is 1. The lowest BCUT2D eigenvalue weighted by Crippen LogP contribution is -2.43. The predicted octanol–water partition coefficient (Wildman–Crippen LogP) is 3.29. The number of nitrogens with zero attached hydrogens (tertiary/aromatic N) is 2. The van der Waals surface area contributed by atoms with Gasteiger partial charge < -0.3 is 9.64 Å². The predicted molar refractivity (Wildman–Crippen MR) is 95.5 cm³/mol. The highest BCUT2D eigenvalue weighted by Gasteiger charge is 2.25. The van der Waals surface area contributed by atoms with E-state index in [0.29, 0.717) is 25.4 Å². The summed E-state index contributed by atoms with van der Waals surface area (Å²) in [5.74, 6) is 0.354. The molecule has 7 heteroatoms. The van der Waals surface area contributed by atoms with E-state index in [1.807, 2.05) is 35.2 Å². The van der Waals surface area contributed by atoms with Gasteiger partial charge in [-0.05, 0) is 17.7 Å². The van der Waals surface area contributed by atoms with Crippen LogP contribution in [-0.2, 0) is 9.53 Å². The van der Waals surface area contributed by atoms with Gasteiger partial charge in [-0.2, -0.15) is 0 Å². The molecule has 0 aromatic heterocycles. The van der Waals surface area contributed by atoms with Gasteiger partial charge >= 0.3 is 0 Å². The Labute approximate surface area is 149 Å². The molecule has 1 atom stereocenters. The fraction of sp³-hybridized carbons (Fsp3) is 0.278. The first-order chi connectivity index (χ1) is 12.1. The Morgan fingerprint density at radius 2 is 1.92 bits per heavy atom. The quantitative estimate of drug-likeness (QED) is 0.466. The van der Waals surface area contributed by atoms with Gasteiger partial charge in [0.2, 0.25) is 5.91 Å². The molecule has 1 fully saturated rings. The van der Waals surface area contributed by atoms with Crippen LogP contribution in [0.1, 0.15) is 11.7 Å². The molecule has 0 saturated carbocycles. The molecule has 0 N–H and O–H groups in total. The minimum absolute atomic E-state index is 0.0487. The van der Waals surface area contributed by atoms with Crippen LogP contribution in [0.3, 0.4) is 0 Å².